The molecule has 1 saturated heterocycles. The number of sulfonamides is 1. The van der Waals surface area contributed by atoms with Crippen molar-refractivity contribution < 1.29 is 27.9 Å². The van der Waals surface area contributed by atoms with Crippen LogP contribution < -0.4 is 0 Å². The highest BCUT2D eigenvalue weighted by Crippen LogP contribution is 2.44. The van der Waals surface area contributed by atoms with E-state index in [0.29, 0.717) is 10.0 Å². The molecule has 3 aliphatic rings. The number of aliphatic hydroxyl groups excluding tert-OH is 1. The lowest BCUT2D eigenvalue weighted by molar-refractivity contribution is -0.155. The van der Waals surface area contributed by atoms with Crippen LogP contribution in [0, 0.1) is 19.8 Å². The highest BCUT2D eigenvalue weighted by atomic mass is 35.5. The number of esters is 1. The van der Waals surface area contributed by atoms with E-state index < -0.39 is 46.7 Å². The highest BCUT2D eigenvalue weighted by molar-refractivity contribution is 7.89. The number of nitrogens with zero attached hydrogens (tertiary/aromatic N) is 3. The van der Waals surface area contributed by atoms with Crippen LogP contribution in [-0.4, -0.2) is 65.7 Å². The number of aryl methyl sites for hydroxylation is 2. The smallest absolute Gasteiger partial charge is 0.325 e. The van der Waals surface area contributed by atoms with Crippen LogP contribution in [0.3, 0.4) is 0 Å². The lowest BCUT2D eigenvalue weighted by atomic mass is 9.77. The van der Waals surface area contributed by atoms with Crippen molar-refractivity contribution in [1.29, 1.82) is 0 Å². The summed E-state index contributed by atoms with van der Waals surface area (Å²) in [6, 6.07) is 17.8. The van der Waals surface area contributed by atoms with Crippen LogP contribution >= 0.6 is 23.2 Å². The third-order valence-electron chi connectivity index (χ3n) is 9.11. The van der Waals surface area contributed by atoms with Crippen molar-refractivity contribution in [2.75, 3.05) is 13.2 Å². The number of hydrazone groups is 1. The van der Waals surface area contributed by atoms with E-state index in [1.54, 1.807) is 31.2 Å². The Morgan fingerprint density at radius 1 is 1.00 bits per heavy atom. The molecule has 3 aromatic carbocycles. The number of benzene rings is 3. The average Bonchev–Trinajstić information content (AvgIpc) is 3.65. The number of carbonyl (C=O) groups excluding carboxylic acids is 2. The van der Waals surface area contributed by atoms with Crippen molar-refractivity contribution in [1.82, 2.24) is 9.31 Å². The monoisotopic (exact) mass is 695 g/mol. The third-order valence-corrected chi connectivity index (χ3v) is 11.5. The SMILES string of the molecule is Cc1ccc(S(=O)(=O)N2CC(O)CC2C(=O)OCC(=O)N2N=C3/C(=C\c4ccc(Cl)cc4)CCCC3C2c2ccc(Cl)cc2)cc1C. The Bertz CT molecular complexity index is 1860. The van der Waals surface area contributed by atoms with Gasteiger partial charge >= 0.3 is 5.97 Å². The Morgan fingerprint density at radius 2 is 1.68 bits per heavy atom. The van der Waals surface area contributed by atoms with Gasteiger partial charge in [0.25, 0.3) is 5.91 Å². The number of ether oxygens (including phenoxy) is 1. The first-order chi connectivity index (χ1) is 22.4. The van der Waals surface area contributed by atoms with Crippen LogP contribution in [0.15, 0.2) is 82.3 Å². The summed E-state index contributed by atoms with van der Waals surface area (Å²) in [6.07, 6.45) is 3.36. The number of aliphatic hydroxyl groups is 1. The fraction of sp³-hybridized carbons (Fsp3) is 0.343. The van der Waals surface area contributed by atoms with Gasteiger partial charge < -0.3 is 9.84 Å². The topological polar surface area (TPSA) is 117 Å². The first-order valence-corrected chi connectivity index (χ1v) is 17.7. The van der Waals surface area contributed by atoms with E-state index in [-0.39, 0.29) is 23.8 Å². The van der Waals surface area contributed by atoms with Crippen LogP contribution in [0.5, 0.6) is 0 Å². The zero-order valence-corrected chi connectivity index (χ0v) is 28.3. The van der Waals surface area contributed by atoms with Gasteiger partial charge in [0.1, 0.15) is 6.04 Å². The second kappa shape index (κ2) is 13.5. The average molecular weight is 697 g/mol. The van der Waals surface area contributed by atoms with Gasteiger partial charge in [0.2, 0.25) is 10.0 Å². The molecule has 1 saturated carbocycles. The first-order valence-electron chi connectivity index (χ1n) is 15.5. The minimum absolute atomic E-state index is 0.0207. The molecule has 9 nitrogen and oxygen atoms in total. The van der Waals surface area contributed by atoms with E-state index in [1.165, 1.54) is 11.1 Å². The number of β-amino-alcohol motifs (C(OH)–C–C–N with tert-alkyl or cyclic N) is 1. The molecule has 246 valence electrons. The predicted octanol–water partition coefficient (Wildman–Crippen LogP) is 6.10. The van der Waals surface area contributed by atoms with Gasteiger partial charge in [0.05, 0.1) is 22.8 Å². The van der Waals surface area contributed by atoms with Crippen LogP contribution in [-0.2, 0) is 24.3 Å². The molecule has 0 bridgehead atoms. The number of rotatable bonds is 7. The maximum atomic E-state index is 13.8. The third kappa shape index (κ3) is 6.89. The van der Waals surface area contributed by atoms with E-state index in [0.717, 1.165) is 57.1 Å². The molecule has 4 unspecified atom stereocenters. The summed E-state index contributed by atoms with van der Waals surface area (Å²) in [6.45, 7) is 2.77. The Labute approximate surface area is 284 Å². The minimum Gasteiger partial charge on any atom is -0.454 e. The molecular weight excluding hydrogens is 661 g/mol. The summed E-state index contributed by atoms with van der Waals surface area (Å²) >= 11 is 12.3. The van der Waals surface area contributed by atoms with Crippen LogP contribution in [0.25, 0.3) is 6.08 Å². The van der Waals surface area contributed by atoms with Gasteiger partial charge in [-0.2, -0.15) is 9.41 Å². The van der Waals surface area contributed by atoms with Crippen LogP contribution in [0.1, 0.15) is 54.0 Å². The van der Waals surface area contributed by atoms with E-state index in [4.69, 9.17) is 33.0 Å². The molecule has 4 atom stereocenters. The number of allylic oxidation sites excluding steroid dienone is 1. The molecule has 1 aliphatic carbocycles. The number of hydrogen-bond donors (Lipinski definition) is 1. The number of carbonyl (C=O) groups is 2. The Kier molecular flexibility index (Phi) is 9.60. The predicted molar refractivity (Wildman–Crippen MR) is 180 cm³/mol. The molecule has 2 aliphatic heterocycles. The Hall–Kier alpha value is -3.54. The molecule has 12 heteroatoms. The maximum absolute atomic E-state index is 13.8. The molecule has 1 amide bonds. The van der Waals surface area contributed by atoms with E-state index >= 15 is 0 Å². The molecule has 0 radical (unpaired) electrons. The number of hydrogen-bond acceptors (Lipinski definition) is 7. The lowest BCUT2D eigenvalue weighted by Gasteiger charge is -2.29. The Balaban J connectivity index is 1.24. The summed E-state index contributed by atoms with van der Waals surface area (Å²) in [5.74, 6) is -1.54. The van der Waals surface area contributed by atoms with Crippen molar-refractivity contribution in [2.24, 2.45) is 11.0 Å². The molecule has 6 rings (SSSR count). The molecule has 2 fully saturated rings. The van der Waals surface area contributed by atoms with Gasteiger partial charge in [-0.3, -0.25) is 9.59 Å². The normalized spacial score (nSPS) is 23.9. The molecule has 0 aromatic heterocycles. The first kappa shape index (κ1) is 33.4. The van der Waals surface area contributed by atoms with Gasteiger partial charge in [-0.25, -0.2) is 13.4 Å². The van der Waals surface area contributed by atoms with Gasteiger partial charge in [0.15, 0.2) is 6.61 Å². The van der Waals surface area contributed by atoms with Crippen molar-refractivity contribution in [2.45, 2.75) is 62.6 Å². The van der Waals surface area contributed by atoms with E-state index in [1.807, 2.05) is 43.3 Å². The summed E-state index contributed by atoms with van der Waals surface area (Å²) in [5.41, 5.74) is 5.33. The largest absolute Gasteiger partial charge is 0.454 e. The molecule has 0 spiro atoms. The van der Waals surface area contributed by atoms with Gasteiger partial charge in [-0.1, -0.05) is 53.5 Å². The van der Waals surface area contributed by atoms with Gasteiger partial charge in [-0.15, -0.1) is 0 Å². The van der Waals surface area contributed by atoms with Crippen molar-refractivity contribution in [3.63, 3.8) is 0 Å². The van der Waals surface area contributed by atoms with Crippen molar-refractivity contribution >= 4 is 56.9 Å². The number of halogens is 2. The molecular formula is C35H35Cl2N3O6S. The summed E-state index contributed by atoms with van der Waals surface area (Å²) in [5, 5.41) is 17.8. The van der Waals surface area contributed by atoms with Crippen molar-refractivity contribution in [3.8, 4) is 0 Å². The van der Waals surface area contributed by atoms with E-state index in [9.17, 15) is 23.1 Å². The quantitative estimate of drug-likeness (QED) is 0.299. The maximum Gasteiger partial charge on any atom is 0.325 e. The summed E-state index contributed by atoms with van der Waals surface area (Å²) in [4.78, 5) is 27.2. The standard InChI is InChI=1S/C35H35Cl2N3O6S/c1-21-6-15-29(16-22(21)2)47(44,45)39-19-28(41)18-31(39)35(43)46-20-32(42)40-34(24-9-13-27(37)14-10-24)30-5-3-4-25(33(30)38-40)17-23-7-11-26(36)12-8-23/h6-17,28,30-31,34,41H,3-5,18-20H2,1-2H3/b25-17-. The van der Waals surface area contributed by atoms with Crippen molar-refractivity contribution in [3.05, 3.63) is 105 Å². The molecule has 47 heavy (non-hydrogen) atoms. The zero-order valence-electron chi connectivity index (χ0n) is 26.0. The summed E-state index contributed by atoms with van der Waals surface area (Å²) < 4.78 is 33.5. The van der Waals surface area contributed by atoms with Crippen LogP contribution in [0.4, 0.5) is 0 Å². The van der Waals surface area contributed by atoms with Crippen LogP contribution in [0.2, 0.25) is 10.0 Å². The highest BCUT2D eigenvalue weighted by Gasteiger charge is 2.46. The van der Waals surface area contributed by atoms with E-state index in [2.05, 4.69) is 6.08 Å². The molecule has 1 N–H and O–H groups in total. The molecule has 2 heterocycles. The number of amides is 1. The fourth-order valence-electron chi connectivity index (χ4n) is 6.53. The minimum atomic E-state index is -4.13. The Morgan fingerprint density at radius 3 is 2.36 bits per heavy atom. The summed E-state index contributed by atoms with van der Waals surface area (Å²) in [7, 11) is -4.13. The lowest BCUT2D eigenvalue weighted by Crippen LogP contribution is -2.42. The van der Waals surface area contributed by atoms with Gasteiger partial charge in [0, 0.05) is 28.9 Å². The van der Waals surface area contributed by atoms with Gasteiger partial charge in [-0.05, 0) is 103 Å². The number of fused-ring (bicyclic) bond motifs is 1. The zero-order chi connectivity index (χ0) is 33.5. The second-order valence-electron chi connectivity index (χ2n) is 12.3. The second-order valence-corrected chi connectivity index (χ2v) is 15.0. The molecule has 3 aromatic rings. The fourth-order valence-corrected chi connectivity index (χ4v) is 8.49.